The van der Waals surface area contributed by atoms with Crippen LogP contribution in [0.25, 0.3) is 0 Å². The molecule has 2 aromatic rings. The Hall–Kier alpha value is -1.01. The molecule has 0 spiro atoms. The molecule has 66 valence electrons. The summed E-state index contributed by atoms with van der Waals surface area (Å²) in [5, 5.41) is 0.514. The van der Waals surface area contributed by atoms with E-state index in [2.05, 4.69) is 30.3 Å². The molecular weight excluding hydrogens is 254 g/mol. The van der Waals surface area contributed by atoms with Gasteiger partial charge in [-0.3, -0.25) is 4.98 Å². The van der Waals surface area contributed by atoms with Crippen LogP contribution in [0, 0.1) is 0 Å². The van der Waals surface area contributed by atoms with Crippen molar-refractivity contribution in [3.05, 3.63) is 29.3 Å². The third kappa shape index (κ3) is 2.22. The number of halogens is 1. The summed E-state index contributed by atoms with van der Waals surface area (Å²) in [4.78, 5) is 7.83. The first-order valence-corrected chi connectivity index (χ1v) is 4.96. The number of hydrogen-bond acceptors (Lipinski definition) is 5. The van der Waals surface area contributed by atoms with Gasteiger partial charge in [0.25, 0.3) is 5.19 Å². The van der Waals surface area contributed by atoms with E-state index < -0.39 is 0 Å². The molecule has 13 heavy (non-hydrogen) atoms. The number of pyridine rings is 1. The third-order valence-electron chi connectivity index (χ3n) is 1.23. The van der Waals surface area contributed by atoms with E-state index in [0.717, 1.165) is 4.47 Å². The SMILES string of the molecule is Brc1cncc(Oc2ncns2)c1. The summed E-state index contributed by atoms with van der Waals surface area (Å²) in [7, 11) is 0. The van der Waals surface area contributed by atoms with E-state index >= 15 is 0 Å². The van der Waals surface area contributed by atoms with E-state index in [0.29, 0.717) is 10.9 Å². The molecule has 6 heteroatoms. The lowest BCUT2D eigenvalue weighted by Gasteiger charge is -1.99. The van der Waals surface area contributed by atoms with E-state index in [4.69, 9.17) is 4.74 Å². The van der Waals surface area contributed by atoms with Crippen LogP contribution in [0.15, 0.2) is 29.3 Å². The summed E-state index contributed by atoms with van der Waals surface area (Å²) < 4.78 is 10.0. The summed E-state index contributed by atoms with van der Waals surface area (Å²) in [5.41, 5.74) is 0. The van der Waals surface area contributed by atoms with Gasteiger partial charge in [0.1, 0.15) is 12.1 Å². The van der Waals surface area contributed by atoms with Gasteiger partial charge in [-0.1, -0.05) is 0 Å². The average molecular weight is 258 g/mol. The molecule has 2 heterocycles. The zero-order valence-corrected chi connectivity index (χ0v) is 8.75. The molecule has 0 aliphatic rings. The monoisotopic (exact) mass is 257 g/mol. The fourth-order valence-electron chi connectivity index (χ4n) is 0.757. The molecule has 0 unspecified atom stereocenters. The van der Waals surface area contributed by atoms with Gasteiger partial charge in [0.2, 0.25) is 0 Å². The second kappa shape index (κ2) is 3.80. The third-order valence-corrected chi connectivity index (χ3v) is 2.20. The molecule has 0 aliphatic carbocycles. The second-order valence-corrected chi connectivity index (χ2v) is 3.81. The summed E-state index contributed by atoms with van der Waals surface area (Å²) in [6.45, 7) is 0. The fraction of sp³-hybridized carbons (Fsp3) is 0. The number of ether oxygens (including phenoxy) is 1. The average Bonchev–Trinajstić information content (AvgIpc) is 2.57. The Labute approximate surface area is 86.9 Å². The van der Waals surface area contributed by atoms with E-state index in [1.807, 2.05) is 6.07 Å². The lowest BCUT2D eigenvalue weighted by molar-refractivity contribution is 0.476. The maximum absolute atomic E-state index is 5.35. The summed E-state index contributed by atoms with van der Waals surface area (Å²) >= 11 is 4.49. The van der Waals surface area contributed by atoms with Gasteiger partial charge < -0.3 is 4.74 Å². The number of nitrogens with zero attached hydrogens (tertiary/aromatic N) is 3. The van der Waals surface area contributed by atoms with Gasteiger partial charge in [0, 0.05) is 22.2 Å². The Morgan fingerprint density at radius 1 is 1.38 bits per heavy atom. The van der Waals surface area contributed by atoms with Crippen molar-refractivity contribution in [3.8, 4) is 10.9 Å². The van der Waals surface area contributed by atoms with Crippen LogP contribution < -0.4 is 4.74 Å². The van der Waals surface area contributed by atoms with Crippen LogP contribution in [-0.2, 0) is 0 Å². The molecule has 0 saturated carbocycles. The minimum Gasteiger partial charge on any atom is -0.428 e. The highest BCUT2D eigenvalue weighted by Crippen LogP contribution is 2.23. The molecule has 0 atom stereocenters. The van der Waals surface area contributed by atoms with Gasteiger partial charge in [-0.15, -0.1) is 0 Å². The Morgan fingerprint density at radius 2 is 2.31 bits per heavy atom. The van der Waals surface area contributed by atoms with E-state index in [1.54, 1.807) is 12.4 Å². The standard InChI is InChI=1S/C7H4BrN3OS/c8-5-1-6(3-9-2-5)12-7-10-4-11-13-7/h1-4H. The number of hydrogen-bond donors (Lipinski definition) is 0. The van der Waals surface area contributed by atoms with Crippen molar-refractivity contribution in [3.63, 3.8) is 0 Å². The Kier molecular flexibility index (Phi) is 2.51. The lowest BCUT2D eigenvalue weighted by atomic mass is 10.5. The zero-order valence-electron chi connectivity index (χ0n) is 6.35. The summed E-state index contributed by atoms with van der Waals surface area (Å²) in [6, 6.07) is 1.81. The normalized spacial score (nSPS) is 9.92. The molecule has 4 nitrogen and oxygen atoms in total. The summed E-state index contributed by atoms with van der Waals surface area (Å²) in [6.07, 6.45) is 4.75. The van der Waals surface area contributed by atoms with Gasteiger partial charge in [-0.2, -0.15) is 9.36 Å². The minimum atomic E-state index is 0.514. The van der Waals surface area contributed by atoms with Crippen molar-refractivity contribution < 1.29 is 4.74 Å². The van der Waals surface area contributed by atoms with Gasteiger partial charge in [-0.25, -0.2) is 0 Å². The highest BCUT2D eigenvalue weighted by Gasteiger charge is 2.00. The van der Waals surface area contributed by atoms with Crippen LogP contribution in [-0.4, -0.2) is 14.3 Å². The van der Waals surface area contributed by atoms with Crippen molar-refractivity contribution in [1.29, 1.82) is 0 Å². The van der Waals surface area contributed by atoms with E-state index in [-0.39, 0.29) is 0 Å². The molecule has 0 N–H and O–H groups in total. The molecule has 0 bridgehead atoms. The maximum atomic E-state index is 5.35. The van der Waals surface area contributed by atoms with Crippen LogP contribution in [0.4, 0.5) is 0 Å². The molecule has 0 aliphatic heterocycles. The van der Waals surface area contributed by atoms with Gasteiger partial charge >= 0.3 is 0 Å². The fourth-order valence-corrected chi connectivity index (χ4v) is 1.51. The summed E-state index contributed by atoms with van der Waals surface area (Å²) in [5.74, 6) is 0.645. The molecule has 0 amide bonds. The first kappa shape index (κ1) is 8.58. The quantitative estimate of drug-likeness (QED) is 0.830. The van der Waals surface area contributed by atoms with Crippen LogP contribution in [0.1, 0.15) is 0 Å². The molecular formula is C7H4BrN3OS. The first-order valence-electron chi connectivity index (χ1n) is 3.40. The van der Waals surface area contributed by atoms with E-state index in [9.17, 15) is 0 Å². The van der Waals surface area contributed by atoms with Crippen LogP contribution in [0.2, 0.25) is 0 Å². The van der Waals surface area contributed by atoms with Crippen molar-refractivity contribution >= 4 is 27.5 Å². The van der Waals surface area contributed by atoms with Gasteiger partial charge in [0.15, 0.2) is 0 Å². The predicted octanol–water partition coefficient (Wildman–Crippen LogP) is 2.49. The molecule has 0 saturated heterocycles. The van der Waals surface area contributed by atoms with E-state index in [1.165, 1.54) is 17.9 Å². The topological polar surface area (TPSA) is 47.9 Å². The smallest absolute Gasteiger partial charge is 0.298 e. The Morgan fingerprint density at radius 3 is 3.00 bits per heavy atom. The van der Waals surface area contributed by atoms with Crippen molar-refractivity contribution in [1.82, 2.24) is 14.3 Å². The second-order valence-electron chi connectivity index (χ2n) is 2.15. The molecule has 0 radical (unpaired) electrons. The van der Waals surface area contributed by atoms with Gasteiger partial charge in [-0.05, 0) is 22.0 Å². The van der Waals surface area contributed by atoms with Crippen molar-refractivity contribution in [2.24, 2.45) is 0 Å². The highest BCUT2D eigenvalue weighted by atomic mass is 79.9. The van der Waals surface area contributed by atoms with Gasteiger partial charge in [0.05, 0.1) is 6.20 Å². The maximum Gasteiger partial charge on any atom is 0.298 e. The Balaban J connectivity index is 2.19. The zero-order chi connectivity index (χ0) is 9.10. The van der Waals surface area contributed by atoms with Crippen LogP contribution in [0.3, 0.4) is 0 Å². The Bertz CT molecular complexity index is 392. The molecule has 0 aromatic carbocycles. The molecule has 2 rings (SSSR count). The minimum absolute atomic E-state index is 0.514. The highest BCUT2D eigenvalue weighted by molar-refractivity contribution is 9.10. The first-order chi connectivity index (χ1) is 6.34. The van der Waals surface area contributed by atoms with Crippen LogP contribution >= 0.6 is 27.5 Å². The predicted molar refractivity (Wildman–Crippen MR) is 51.9 cm³/mol. The lowest BCUT2D eigenvalue weighted by Crippen LogP contribution is -1.83. The molecule has 0 fully saturated rings. The van der Waals surface area contributed by atoms with Crippen LogP contribution in [0.5, 0.6) is 10.9 Å². The van der Waals surface area contributed by atoms with Crippen molar-refractivity contribution in [2.75, 3.05) is 0 Å². The van der Waals surface area contributed by atoms with Crippen molar-refractivity contribution in [2.45, 2.75) is 0 Å². The molecule has 2 aromatic heterocycles. The number of rotatable bonds is 2. The largest absolute Gasteiger partial charge is 0.428 e. The number of aromatic nitrogens is 3.